The molecule has 1 aliphatic heterocycles. The average Bonchev–Trinajstić information content (AvgIpc) is 2.48. The molecule has 0 aromatic heterocycles. The van der Waals surface area contributed by atoms with Crippen LogP contribution in [0.1, 0.15) is 37.0 Å². The van der Waals surface area contributed by atoms with Crippen molar-refractivity contribution in [2.24, 2.45) is 5.92 Å². The SMILES string of the molecule is CC(=O)Nc1ccc(C(=O)N2CCC[C@@H](C(=O)O)[C@H]2C)cc1F. The Morgan fingerprint density at radius 3 is 2.61 bits per heavy atom. The van der Waals surface area contributed by atoms with Crippen molar-refractivity contribution in [2.75, 3.05) is 11.9 Å². The zero-order valence-corrected chi connectivity index (χ0v) is 13.0. The molecular formula is C16H19FN2O4. The van der Waals surface area contributed by atoms with Crippen molar-refractivity contribution in [3.63, 3.8) is 0 Å². The standard InChI is InChI=1S/C16H19FN2O4/c1-9-12(16(22)23)4-3-7-19(9)15(21)11-5-6-14(13(17)8-11)18-10(2)20/h5-6,8-9,12H,3-4,7H2,1-2H3,(H,18,20)(H,22,23)/t9-,12-/m1/s1. The summed E-state index contributed by atoms with van der Waals surface area (Å²) in [7, 11) is 0. The summed E-state index contributed by atoms with van der Waals surface area (Å²) in [5, 5.41) is 11.5. The number of halogens is 1. The Morgan fingerprint density at radius 2 is 2.04 bits per heavy atom. The van der Waals surface area contributed by atoms with Gasteiger partial charge in [-0.1, -0.05) is 0 Å². The van der Waals surface area contributed by atoms with Gasteiger partial charge in [-0.15, -0.1) is 0 Å². The Morgan fingerprint density at radius 1 is 1.35 bits per heavy atom. The first-order valence-electron chi connectivity index (χ1n) is 7.42. The molecule has 6 nitrogen and oxygen atoms in total. The van der Waals surface area contributed by atoms with E-state index in [9.17, 15) is 23.9 Å². The van der Waals surface area contributed by atoms with Crippen LogP contribution < -0.4 is 5.32 Å². The summed E-state index contributed by atoms with van der Waals surface area (Å²) < 4.78 is 14.0. The molecule has 2 N–H and O–H groups in total. The molecular weight excluding hydrogens is 303 g/mol. The lowest BCUT2D eigenvalue weighted by molar-refractivity contribution is -0.145. The number of anilines is 1. The summed E-state index contributed by atoms with van der Waals surface area (Å²) in [6.07, 6.45) is 1.12. The van der Waals surface area contributed by atoms with Crippen molar-refractivity contribution in [1.29, 1.82) is 0 Å². The average molecular weight is 322 g/mol. The summed E-state index contributed by atoms with van der Waals surface area (Å²) in [6, 6.07) is 3.36. The molecule has 124 valence electrons. The van der Waals surface area contributed by atoms with Gasteiger partial charge in [0.15, 0.2) is 0 Å². The van der Waals surface area contributed by atoms with Gasteiger partial charge in [0.2, 0.25) is 5.91 Å². The van der Waals surface area contributed by atoms with Gasteiger partial charge in [-0.2, -0.15) is 0 Å². The van der Waals surface area contributed by atoms with Gasteiger partial charge in [-0.25, -0.2) is 4.39 Å². The van der Waals surface area contributed by atoms with Crippen LogP contribution in [0.15, 0.2) is 18.2 Å². The number of likely N-dealkylation sites (tertiary alicyclic amines) is 1. The minimum Gasteiger partial charge on any atom is -0.481 e. The summed E-state index contributed by atoms with van der Waals surface area (Å²) in [4.78, 5) is 36.2. The van der Waals surface area contributed by atoms with E-state index in [0.29, 0.717) is 19.4 Å². The Hall–Kier alpha value is -2.44. The van der Waals surface area contributed by atoms with E-state index in [1.165, 1.54) is 24.0 Å². The third-order valence-electron chi connectivity index (χ3n) is 4.09. The zero-order chi connectivity index (χ0) is 17.1. The molecule has 1 heterocycles. The van der Waals surface area contributed by atoms with Gasteiger partial charge in [-0.3, -0.25) is 14.4 Å². The van der Waals surface area contributed by atoms with E-state index >= 15 is 0 Å². The third kappa shape index (κ3) is 3.67. The second kappa shape index (κ2) is 6.76. The van der Waals surface area contributed by atoms with Crippen LogP contribution in [0.3, 0.4) is 0 Å². The van der Waals surface area contributed by atoms with E-state index in [4.69, 9.17) is 0 Å². The maximum absolute atomic E-state index is 14.0. The number of hydrogen-bond donors (Lipinski definition) is 2. The Labute approximate surface area is 133 Å². The van der Waals surface area contributed by atoms with Crippen LogP contribution in [0.4, 0.5) is 10.1 Å². The van der Waals surface area contributed by atoms with Gasteiger partial charge >= 0.3 is 5.97 Å². The molecule has 2 atom stereocenters. The number of nitrogens with one attached hydrogen (secondary N) is 1. The van der Waals surface area contributed by atoms with Crippen LogP contribution in [0.25, 0.3) is 0 Å². The number of benzene rings is 1. The van der Waals surface area contributed by atoms with Crippen molar-refractivity contribution < 1.29 is 23.9 Å². The van der Waals surface area contributed by atoms with Crippen LogP contribution in [0.2, 0.25) is 0 Å². The number of carboxylic acids is 1. The van der Waals surface area contributed by atoms with Gasteiger partial charge in [-0.05, 0) is 38.0 Å². The molecule has 1 aromatic carbocycles. The Balaban J connectivity index is 2.21. The molecule has 23 heavy (non-hydrogen) atoms. The quantitative estimate of drug-likeness (QED) is 0.892. The van der Waals surface area contributed by atoms with E-state index in [1.807, 2.05) is 0 Å². The summed E-state index contributed by atoms with van der Waals surface area (Å²) in [6.45, 7) is 3.40. The van der Waals surface area contributed by atoms with Crippen LogP contribution in [0, 0.1) is 11.7 Å². The fraction of sp³-hybridized carbons (Fsp3) is 0.438. The number of carbonyl (C=O) groups excluding carboxylic acids is 2. The minimum atomic E-state index is -0.929. The molecule has 1 saturated heterocycles. The number of carboxylic acid groups (broad SMARTS) is 1. The fourth-order valence-corrected chi connectivity index (χ4v) is 2.86. The molecule has 7 heteroatoms. The topological polar surface area (TPSA) is 86.7 Å². The Kier molecular flexibility index (Phi) is 4.98. The van der Waals surface area contributed by atoms with Crippen molar-refractivity contribution in [1.82, 2.24) is 4.90 Å². The monoisotopic (exact) mass is 322 g/mol. The lowest BCUT2D eigenvalue weighted by atomic mass is 9.90. The first kappa shape index (κ1) is 16.9. The highest BCUT2D eigenvalue weighted by molar-refractivity contribution is 5.96. The molecule has 0 radical (unpaired) electrons. The van der Waals surface area contributed by atoms with E-state index in [2.05, 4.69) is 5.32 Å². The lowest BCUT2D eigenvalue weighted by Gasteiger charge is -2.37. The van der Waals surface area contributed by atoms with E-state index in [-0.39, 0.29) is 11.3 Å². The summed E-state index contributed by atoms with van der Waals surface area (Å²) in [5.41, 5.74) is 0.138. The Bertz CT molecular complexity index is 647. The lowest BCUT2D eigenvalue weighted by Crippen LogP contribution is -2.49. The fourth-order valence-electron chi connectivity index (χ4n) is 2.86. The van der Waals surface area contributed by atoms with Crippen molar-refractivity contribution in [3.05, 3.63) is 29.6 Å². The highest BCUT2D eigenvalue weighted by Gasteiger charge is 2.35. The molecule has 2 rings (SSSR count). The maximum atomic E-state index is 14.0. The predicted molar refractivity (Wildman–Crippen MR) is 81.6 cm³/mol. The molecule has 0 unspecified atom stereocenters. The van der Waals surface area contributed by atoms with Gasteiger partial charge < -0.3 is 15.3 Å². The number of carbonyl (C=O) groups is 3. The number of piperidine rings is 1. The van der Waals surface area contributed by atoms with Crippen molar-refractivity contribution in [3.8, 4) is 0 Å². The molecule has 1 fully saturated rings. The summed E-state index contributed by atoms with van der Waals surface area (Å²) in [5.74, 6) is -3.06. The first-order valence-corrected chi connectivity index (χ1v) is 7.42. The normalized spacial score (nSPS) is 20.9. The van der Waals surface area contributed by atoms with Crippen molar-refractivity contribution >= 4 is 23.5 Å². The highest BCUT2D eigenvalue weighted by atomic mass is 19.1. The van der Waals surface area contributed by atoms with Gasteiger partial charge in [0, 0.05) is 25.1 Å². The van der Waals surface area contributed by atoms with Gasteiger partial charge in [0.25, 0.3) is 5.91 Å². The highest BCUT2D eigenvalue weighted by Crippen LogP contribution is 2.26. The van der Waals surface area contributed by atoms with Crippen molar-refractivity contribution in [2.45, 2.75) is 32.7 Å². The number of rotatable bonds is 3. The van der Waals surface area contributed by atoms with E-state index < -0.39 is 35.6 Å². The molecule has 0 saturated carbocycles. The second-order valence-corrected chi connectivity index (χ2v) is 5.70. The van der Waals surface area contributed by atoms with Crippen LogP contribution in [-0.4, -0.2) is 40.4 Å². The molecule has 0 aliphatic carbocycles. The van der Waals surface area contributed by atoms with Crippen LogP contribution in [-0.2, 0) is 9.59 Å². The second-order valence-electron chi connectivity index (χ2n) is 5.70. The van der Waals surface area contributed by atoms with Gasteiger partial charge in [0.1, 0.15) is 5.82 Å². The van der Waals surface area contributed by atoms with E-state index in [1.54, 1.807) is 6.92 Å². The van der Waals surface area contributed by atoms with E-state index in [0.717, 1.165) is 6.07 Å². The third-order valence-corrected chi connectivity index (χ3v) is 4.09. The largest absolute Gasteiger partial charge is 0.481 e. The van der Waals surface area contributed by atoms with Gasteiger partial charge in [0.05, 0.1) is 11.6 Å². The molecule has 0 spiro atoms. The van der Waals surface area contributed by atoms with Crippen LogP contribution >= 0.6 is 0 Å². The minimum absolute atomic E-state index is 0.00385. The predicted octanol–water partition coefficient (Wildman–Crippen LogP) is 2.11. The number of aliphatic carboxylic acids is 1. The maximum Gasteiger partial charge on any atom is 0.308 e. The molecule has 0 bridgehead atoms. The smallest absolute Gasteiger partial charge is 0.308 e. The first-order chi connectivity index (χ1) is 10.8. The number of amides is 2. The number of nitrogens with zero attached hydrogens (tertiary/aromatic N) is 1. The molecule has 1 aromatic rings. The zero-order valence-electron chi connectivity index (χ0n) is 13.0. The molecule has 1 aliphatic rings. The number of hydrogen-bond acceptors (Lipinski definition) is 3. The summed E-state index contributed by atoms with van der Waals surface area (Å²) >= 11 is 0. The molecule has 2 amide bonds. The van der Waals surface area contributed by atoms with Crippen LogP contribution in [0.5, 0.6) is 0 Å².